The van der Waals surface area contributed by atoms with Crippen molar-refractivity contribution >= 4 is 11.3 Å². The van der Waals surface area contributed by atoms with E-state index in [4.69, 9.17) is 9.47 Å². The highest BCUT2D eigenvalue weighted by molar-refractivity contribution is 7.10. The molecule has 1 N–H and O–H groups in total. The van der Waals surface area contributed by atoms with Gasteiger partial charge in [-0.05, 0) is 24.7 Å². The molecule has 21 heavy (non-hydrogen) atoms. The number of ether oxygens (including phenoxy) is 2. The topological polar surface area (TPSA) is 38.7 Å². The van der Waals surface area contributed by atoms with Gasteiger partial charge in [0, 0.05) is 5.38 Å². The van der Waals surface area contributed by atoms with E-state index in [0.29, 0.717) is 19.0 Å². The molecule has 0 aromatic carbocycles. The lowest BCUT2D eigenvalue weighted by Gasteiger charge is -2.49. The minimum atomic E-state index is -1.01. The molecule has 0 aliphatic heterocycles. The average molecular weight is 314 g/mol. The number of aliphatic hydroxyl groups is 1. The number of hydrogen-bond donors (Lipinski definition) is 1. The van der Waals surface area contributed by atoms with Gasteiger partial charge in [-0.1, -0.05) is 41.5 Å². The third-order valence-electron chi connectivity index (χ3n) is 3.80. The zero-order valence-electron chi connectivity index (χ0n) is 14.7. The first-order chi connectivity index (χ1) is 9.50. The van der Waals surface area contributed by atoms with Crippen LogP contribution in [-0.4, -0.2) is 18.3 Å². The molecule has 0 aliphatic rings. The van der Waals surface area contributed by atoms with Crippen LogP contribution in [-0.2, 0) is 5.60 Å². The molecule has 4 heteroatoms. The molecule has 0 unspecified atom stereocenters. The summed E-state index contributed by atoms with van der Waals surface area (Å²) in [5.41, 5.74) is -1.67. The maximum atomic E-state index is 11.6. The van der Waals surface area contributed by atoms with E-state index in [0.717, 1.165) is 10.6 Å². The molecular weight excluding hydrogens is 284 g/mol. The lowest BCUT2D eigenvalue weighted by molar-refractivity contribution is -0.143. The van der Waals surface area contributed by atoms with Gasteiger partial charge in [-0.2, -0.15) is 0 Å². The minimum Gasteiger partial charge on any atom is -0.489 e. The maximum Gasteiger partial charge on any atom is 0.178 e. The Kier molecular flexibility index (Phi) is 5.38. The first-order valence-electron chi connectivity index (χ1n) is 7.60. The average Bonchev–Trinajstić information content (AvgIpc) is 2.70. The van der Waals surface area contributed by atoms with Crippen LogP contribution in [0.2, 0.25) is 0 Å². The molecule has 122 valence electrons. The molecule has 0 saturated carbocycles. The predicted octanol–water partition coefficient (Wildman–Crippen LogP) is 4.83. The van der Waals surface area contributed by atoms with Crippen molar-refractivity contribution in [2.75, 3.05) is 13.2 Å². The summed E-state index contributed by atoms with van der Waals surface area (Å²) < 4.78 is 11.5. The molecule has 1 aromatic rings. The van der Waals surface area contributed by atoms with Gasteiger partial charge in [-0.15, -0.1) is 11.3 Å². The van der Waals surface area contributed by atoms with Crippen LogP contribution in [0.3, 0.4) is 0 Å². The first-order valence-corrected chi connectivity index (χ1v) is 8.48. The molecule has 0 atom stereocenters. The van der Waals surface area contributed by atoms with Crippen LogP contribution in [0.15, 0.2) is 5.38 Å². The van der Waals surface area contributed by atoms with Crippen molar-refractivity contribution in [3.63, 3.8) is 0 Å². The summed E-state index contributed by atoms with van der Waals surface area (Å²) in [5.74, 6) is 1.42. The molecule has 1 aromatic heterocycles. The van der Waals surface area contributed by atoms with Gasteiger partial charge in [-0.25, -0.2) is 0 Å². The largest absolute Gasteiger partial charge is 0.489 e. The van der Waals surface area contributed by atoms with Crippen molar-refractivity contribution in [2.24, 2.45) is 10.8 Å². The number of thiophene rings is 1. The third kappa shape index (κ3) is 3.21. The van der Waals surface area contributed by atoms with Gasteiger partial charge in [0.05, 0.1) is 18.1 Å². The van der Waals surface area contributed by atoms with E-state index in [1.807, 2.05) is 19.2 Å². The minimum absolute atomic E-state index is 0.328. The van der Waals surface area contributed by atoms with Crippen LogP contribution in [0.5, 0.6) is 11.5 Å². The van der Waals surface area contributed by atoms with Crippen molar-refractivity contribution in [3.8, 4) is 11.5 Å². The summed E-state index contributed by atoms with van der Waals surface area (Å²) >= 11 is 1.52. The highest BCUT2D eigenvalue weighted by Gasteiger charge is 2.53. The highest BCUT2D eigenvalue weighted by Crippen LogP contribution is 2.57. The molecule has 0 saturated heterocycles. The van der Waals surface area contributed by atoms with E-state index >= 15 is 0 Å². The van der Waals surface area contributed by atoms with Crippen LogP contribution < -0.4 is 9.47 Å². The molecule has 1 heterocycles. The fourth-order valence-corrected chi connectivity index (χ4v) is 4.37. The van der Waals surface area contributed by atoms with Crippen molar-refractivity contribution in [2.45, 2.75) is 61.0 Å². The van der Waals surface area contributed by atoms with E-state index in [-0.39, 0.29) is 10.8 Å². The second-order valence-electron chi connectivity index (χ2n) is 7.33. The zero-order valence-corrected chi connectivity index (χ0v) is 15.5. The standard InChI is InChI=1S/C17H30O3S/c1-9-19-12-11-21-14(13(12)20-10-2)17(18,15(3,4)5)16(6,7)8/h11,18H,9-10H2,1-8H3. The third-order valence-corrected chi connectivity index (χ3v) is 4.85. The van der Waals surface area contributed by atoms with E-state index in [2.05, 4.69) is 41.5 Å². The summed E-state index contributed by atoms with van der Waals surface area (Å²) in [6.07, 6.45) is 0. The highest BCUT2D eigenvalue weighted by atomic mass is 32.1. The molecule has 0 aliphatic carbocycles. The van der Waals surface area contributed by atoms with Crippen molar-refractivity contribution in [1.82, 2.24) is 0 Å². The van der Waals surface area contributed by atoms with Gasteiger partial charge >= 0.3 is 0 Å². The zero-order chi connectivity index (χ0) is 16.5. The van der Waals surface area contributed by atoms with Crippen LogP contribution >= 0.6 is 11.3 Å². The SMILES string of the molecule is CCOc1csc(C(O)(C(C)(C)C)C(C)(C)C)c1OCC. The molecule has 0 spiro atoms. The van der Waals surface area contributed by atoms with Crippen molar-refractivity contribution in [1.29, 1.82) is 0 Å². The number of rotatable bonds is 5. The van der Waals surface area contributed by atoms with E-state index in [1.165, 1.54) is 11.3 Å². The summed E-state index contributed by atoms with van der Waals surface area (Å²) in [7, 11) is 0. The quantitative estimate of drug-likeness (QED) is 0.846. The van der Waals surface area contributed by atoms with Gasteiger partial charge in [0.2, 0.25) is 0 Å². The van der Waals surface area contributed by atoms with Gasteiger partial charge in [0.25, 0.3) is 0 Å². The lowest BCUT2D eigenvalue weighted by atomic mass is 9.62. The van der Waals surface area contributed by atoms with Crippen LogP contribution in [0, 0.1) is 10.8 Å². The Morgan fingerprint density at radius 3 is 1.81 bits per heavy atom. The molecule has 0 radical (unpaired) electrons. The molecule has 0 amide bonds. The summed E-state index contributed by atoms with van der Waals surface area (Å²) in [6.45, 7) is 17.4. The van der Waals surface area contributed by atoms with E-state index < -0.39 is 5.60 Å². The summed E-state index contributed by atoms with van der Waals surface area (Å²) in [6, 6.07) is 0. The monoisotopic (exact) mass is 314 g/mol. The Bertz CT molecular complexity index is 449. The Morgan fingerprint density at radius 1 is 0.952 bits per heavy atom. The van der Waals surface area contributed by atoms with Gasteiger partial charge < -0.3 is 14.6 Å². The van der Waals surface area contributed by atoms with Crippen molar-refractivity contribution < 1.29 is 14.6 Å². The smallest absolute Gasteiger partial charge is 0.178 e. The van der Waals surface area contributed by atoms with Gasteiger partial charge in [0.1, 0.15) is 5.60 Å². The van der Waals surface area contributed by atoms with Crippen LogP contribution in [0.1, 0.15) is 60.3 Å². The Labute approximate surface area is 133 Å². The van der Waals surface area contributed by atoms with Crippen molar-refractivity contribution in [3.05, 3.63) is 10.3 Å². The predicted molar refractivity (Wildman–Crippen MR) is 89.5 cm³/mol. The number of hydrogen-bond acceptors (Lipinski definition) is 4. The second kappa shape index (κ2) is 6.17. The molecule has 0 bridgehead atoms. The molecule has 1 rings (SSSR count). The van der Waals surface area contributed by atoms with Gasteiger partial charge in [-0.3, -0.25) is 0 Å². The molecule has 0 fully saturated rings. The second-order valence-corrected chi connectivity index (χ2v) is 8.21. The van der Waals surface area contributed by atoms with E-state index in [9.17, 15) is 5.11 Å². The molecule has 3 nitrogen and oxygen atoms in total. The lowest BCUT2D eigenvalue weighted by Crippen LogP contribution is -2.49. The maximum absolute atomic E-state index is 11.6. The summed E-state index contributed by atoms with van der Waals surface area (Å²) in [5, 5.41) is 13.6. The van der Waals surface area contributed by atoms with Crippen LogP contribution in [0.25, 0.3) is 0 Å². The summed E-state index contributed by atoms with van der Waals surface area (Å²) in [4.78, 5) is 0.854. The van der Waals surface area contributed by atoms with E-state index in [1.54, 1.807) is 0 Å². The fourth-order valence-electron chi connectivity index (χ4n) is 2.92. The fraction of sp³-hybridized carbons (Fsp3) is 0.765. The normalized spacial score (nSPS) is 13.4. The molecular formula is C17H30O3S. The Balaban J connectivity index is 3.53. The van der Waals surface area contributed by atoms with Crippen LogP contribution in [0.4, 0.5) is 0 Å². The van der Waals surface area contributed by atoms with Gasteiger partial charge in [0.15, 0.2) is 11.5 Å². The Hall–Kier alpha value is -0.740. The Morgan fingerprint density at radius 2 is 1.43 bits per heavy atom. The first kappa shape index (κ1) is 18.3.